The van der Waals surface area contributed by atoms with Gasteiger partial charge in [-0.3, -0.25) is 10.1 Å². The van der Waals surface area contributed by atoms with Crippen molar-refractivity contribution in [3.8, 4) is 0 Å². The van der Waals surface area contributed by atoms with Gasteiger partial charge in [0.1, 0.15) is 0 Å². The van der Waals surface area contributed by atoms with Crippen LogP contribution >= 0.6 is 35.2 Å². The van der Waals surface area contributed by atoms with E-state index in [-0.39, 0.29) is 11.0 Å². The summed E-state index contributed by atoms with van der Waals surface area (Å²) in [5.74, 6) is -0.789. The minimum Gasteiger partial charge on any atom is -0.465 e. The molecule has 0 aliphatic carbocycles. The summed E-state index contributed by atoms with van der Waals surface area (Å²) >= 11 is 12.5. The highest BCUT2D eigenvalue weighted by atomic mass is 35.5. The number of rotatable bonds is 3. The Bertz CT molecular complexity index is 1070. The average Bonchev–Trinajstić information content (AvgIpc) is 3.04. The fourth-order valence-electron chi connectivity index (χ4n) is 2.26. The van der Waals surface area contributed by atoms with Gasteiger partial charge in [-0.15, -0.1) is 0 Å². The van der Waals surface area contributed by atoms with Crippen LogP contribution in [0.25, 0.3) is 10.2 Å². The van der Waals surface area contributed by atoms with Gasteiger partial charge in [-0.2, -0.15) is 0 Å². The molecule has 0 aliphatic heterocycles. The zero-order valence-corrected chi connectivity index (χ0v) is 16.7. The Labute approximate surface area is 169 Å². The quantitative estimate of drug-likeness (QED) is 0.490. The number of benzene rings is 2. The summed E-state index contributed by atoms with van der Waals surface area (Å²) in [7, 11) is 1.33. The molecule has 1 amide bonds. The lowest BCUT2D eigenvalue weighted by atomic mass is 10.1. The average molecular weight is 420 g/mol. The summed E-state index contributed by atoms with van der Waals surface area (Å²) < 4.78 is 5.50. The van der Waals surface area contributed by atoms with E-state index in [9.17, 15) is 9.59 Å². The van der Waals surface area contributed by atoms with Crippen LogP contribution in [0, 0.1) is 6.92 Å². The van der Waals surface area contributed by atoms with E-state index in [1.807, 2.05) is 6.92 Å². The third-order valence-corrected chi connectivity index (χ3v) is 5.24. The molecular formula is C18H14ClN3O3S2. The van der Waals surface area contributed by atoms with E-state index in [1.54, 1.807) is 36.4 Å². The summed E-state index contributed by atoms with van der Waals surface area (Å²) in [6, 6.07) is 10.1. The second-order valence-corrected chi connectivity index (χ2v) is 7.41. The van der Waals surface area contributed by atoms with Crippen molar-refractivity contribution in [3.05, 3.63) is 58.1 Å². The first-order valence-electron chi connectivity index (χ1n) is 7.75. The molecule has 27 heavy (non-hydrogen) atoms. The number of thiazole rings is 1. The number of aromatic nitrogens is 1. The number of thiocarbonyl (C=S) groups is 1. The van der Waals surface area contributed by atoms with Crippen LogP contribution in [0.3, 0.4) is 0 Å². The Morgan fingerprint density at radius 3 is 2.63 bits per heavy atom. The van der Waals surface area contributed by atoms with Gasteiger partial charge in [0.15, 0.2) is 10.2 Å². The monoisotopic (exact) mass is 419 g/mol. The molecule has 1 aromatic heterocycles. The third-order valence-electron chi connectivity index (χ3n) is 3.69. The highest BCUT2D eigenvalue weighted by Crippen LogP contribution is 2.27. The van der Waals surface area contributed by atoms with Crippen LogP contribution in [0.5, 0.6) is 0 Å². The Kier molecular flexibility index (Phi) is 5.69. The van der Waals surface area contributed by atoms with E-state index in [0.29, 0.717) is 26.8 Å². The van der Waals surface area contributed by atoms with Crippen molar-refractivity contribution in [2.45, 2.75) is 6.92 Å². The van der Waals surface area contributed by atoms with Crippen LogP contribution in [0.1, 0.15) is 26.3 Å². The smallest absolute Gasteiger partial charge is 0.337 e. The second-order valence-electron chi connectivity index (χ2n) is 5.57. The number of anilines is 1. The molecule has 2 aromatic carbocycles. The van der Waals surface area contributed by atoms with E-state index in [4.69, 9.17) is 28.6 Å². The van der Waals surface area contributed by atoms with Crippen molar-refractivity contribution in [1.29, 1.82) is 0 Å². The topological polar surface area (TPSA) is 80.3 Å². The van der Waals surface area contributed by atoms with Gasteiger partial charge < -0.3 is 10.1 Å². The summed E-state index contributed by atoms with van der Waals surface area (Å²) in [6.45, 7) is 1.86. The Balaban J connectivity index is 1.70. The summed E-state index contributed by atoms with van der Waals surface area (Å²) in [5, 5.41) is 6.59. The number of amides is 1. The number of carbonyl (C=O) groups excluding carboxylic acids is 2. The molecule has 9 heteroatoms. The normalized spacial score (nSPS) is 10.5. The molecule has 3 rings (SSSR count). The standard InChI is InChI=1S/C18H14ClN3O3S2/c1-9-3-4-10(7-12(9)19)15(23)21-17(26)22-18-20-13-6-5-11(16(24)25-2)8-14(13)27-18/h3-8H,1-2H3,(H2,20,21,22,23,26). The van der Waals surface area contributed by atoms with Gasteiger partial charge in [0, 0.05) is 10.6 Å². The highest BCUT2D eigenvalue weighted by Gasteiger charge is 2.13. The minimum atomic E-state index is -0.417. The van der Waals surface area contributed by atoms with Gasteiger partial charge >= 0.3 is 5.97 Å². The molecule has 0 fully saturated rings. The number of esters is 1. The molecule has 2 N–H and O–H groups in total. The maximum absolute atomic E-state index is 12.3. The van der Waals surface area contributed by atoms with E-state index >= 15 is 0 Å². The first-order chi connectivity index (χ1) is 12.9. The molecule has 0 atom stereocenters. The van der Waals surface area contributed by atoms with E-state index in [1.165, 1.54) is 18.4 Å². The number of hydrogen-bond acceptors (Lipinski definition) is 6. The van der Waals surface area contributed by atoms with Crippen molar-refractivity contribution in [2.24, 2.45) is 0 Å². The first-order valence-corrected chi connectivity index (χ1v) is 9.35. The molecule has 0 unspecified atom stereocenters. The SMILES string of the molecule is COC(=O)c1ccc2nc(NC(=S)NC(=O)c3ccc(C)c(Cl)c3)sc2c1. The van der Waals surface area contributed by atoms with Crippen LogP contribution in [-0.4, -0.2) is 29.1 Å². The number of fused-ring (bicyclic) bond motifs is 1. The largest absolute Gasteiger partial charge is 0.465 e. The summed E-state index contributed by atoms with van der Waals surface area (Å²) in [5.41, 5.74) is 2.43. The van der Waals surface area contributed by atoms with Gasteiger partial charge in [0.25, 0.3) is 5.91 Å². The Morgan fingerprint density at radius 1 is 1.19 bits per heavy atom. The molecule has 0 radical (unpaired) electrons. The van der Waals surface area contributed by atoms with Crippen molar-refractivity contribution < 1.29 is 14.3 Å². The predicted octanol–water partition coefficient (Wildman–Crippen LogP) is 4.17. The highest BCUT2D eigenvalue weighted by molar-refractivity contribution is 7.80. The third kappa shape index (κ3) is 4.41. The molecular weight excluding hydrogens is 406 g/mol. The zero-order chi connectivity index (χ0) is 19.6. The van der Waals surface area contributed by atoms with Crippen LogP contribution < -0.4 is 10.6 Å². The molecule has 6 nitrogen and oxygen atoms in total. The van der Waals surface area contributed by atoms with Crippen LogP contribution in [0.15, 0.2) is 36.4 Å². The summed E-state index contributed by atoms with van der Waals surface area (Å²) in [4.78, 5) is 28.3. The molecule has 0 saturated heterocycles. The lowest BCUT2D eigenvalue weighted by molar-refractivity contribution is 0.0601. The molecule has 1 heterocycles. The summed E-state index contributed by atoms with van der Waals surface area (Å²) in [6.07, 6.45) is 0. The number of methoxy groups -OCH3 is 1. The predicted molar refractivity (Wildman–Crippen MR) is 111 cm³/mol. The fourth-order valence-corrected chi connectivity index (χ4v) is 3.60. The van der Waals surface area contributed by atoms with Crippen molar-refractivity contribution in [3.63, 3.8) is 0 Å². The van der Waals surface area contributed by atoms with Crippen molar-refractivity contribution >= 4 is 67.5 Å². The number of nitrogens with zero attached hydrogens (tertiary/aromatic N) is 1. The lowest BCUT2D eigenvalue weighted by Gasteiger charge is -2.08. The first kappa shape index (κ1) is 19.2. The van der Waals surface area contributed by atoms with Crippen LogP contribution in [0.2, 0.25) is 5.02 Å². The van der Waals surface area contributed by atoms with Gasteiger partial charge in [0.05, 0.1) is 22.9 Å². The number of halogens is 1. The number of carbonyl (C=O) groups is 2. The fraction of sp³-hybridized carbons (Fsp3) is 0.111. The molecule has 0 spiro atoms. The van der Waals surface area contributed by atoms with E-state index in [2.05, 4.69) is 15.6 Å². The zero-order valence-electron chi connectivity index (χ0n) is 14.3. The number of hydrogen-bond donors (Lipinski definition) is 2. The maximum atomic E-state index is 12.3. The number of nitrogens with one attached hydrogen (secondary N) is 2. The van der Waals surface area contributed by atoms with Gasteiger partial charge in [-0.25, -0.2) is 9.78 Å². The molecule has 0 saturated carbocycles. The molecule has 0 bridgehead atoms. The Hall–Kier alpha value is -2.55. The molecule has 3 aromatic rings. The van der Waals surface area contributed by atoms with E-state index < -0.39 is 5.97 Å². The van der Waals surface area contributed by atoms with Gasteiger partial charge in [-0.05, 0) is 55.0 Å². The van der Waals surface area contributed by atoms with E-state index in [0.717, 1.165) is 10.3 Å². The Morgan fingerprint density at radius 2 is 1.93 bits per heavy atom. The van der Waals surface area contributed by atoms with Crippen molar-refractivity contribution in [2.75, 3.05) is 12.4 Å². The second kappa shape index (κ2) is 7.99. The van der Waals surface area contributed by atoms with Crippen molar-refractivity contribution in [1.82, 2.24) is 10.3 Å². The van der Waals surface area contributed by atoms with Gasteiger partial charge in [0.2, 0.25) is 0 Å². The molecule has 138 valence electrons. The molecule has 0 aliphatic rings. The maximum Gasteiger partial charge on any atom is 0.337 e. The minimum absolute atomic E-state index is 0.115. The number of aryl methyl sites for hydroxylation is 1. The van der Waals surface area contributed by atoms with Gasteiger partial charge in [-0.1, -0.05) is 29.0 Å². The number of ether oxygens (including phenoxy) is 1. The van der Waals surface area contributed by atoms with Crippen LogP contribution in [-0.2, 0) is 4.74 Å². The van der Waals surface area contributed by atoms with Crippen LogP contribution in [0.4, 0.5) is 5.13 Å². The lowest BCUT2D eigenvalue weighted by Crippen LogP contribution is -2.34.